The minimum atomic E-state index is 0.0566. The molecular formula is C3H7BSi. The molecule has 0 aliphatic carbocycles. The molecule has 0 radical (unpaired) electrons. The van der Waals surface area contributed by atoms with Crippen LogP contribution in [0.3, 0.4) is 0 Å². The molecule has 0 saturated carbocycles. The van der Waals surface area contributed by atoms with Crippen molar-refractivity contribution in [3.8, 4) is 0 Å². The molecule has 0 nitrogen and oxygen atoms in total. The molecule has 0 amide bonds. The average Bonchev–Trinajstić information content (AvgIpc) is 1.30. The van der Waals surface area contributed by atoms with Crippen LogP contribution in [0, 0.1) is 0 Å². The van der Waals surface area contributed by atoms with Gasteiger partial charge in [-0.1, -0.05) is 0 Å². The number of rotatable bonds is 0. The Balaban J connectivity index is 2.08. The first-order valence-corrected chi connectivity index (χ1v) is 4.18. The predicted octanol–water partition coefficient (Wildman–Crippen LogP) is 0.282. The third-order valence-electron chi connectivity index (χ3n) is 1.06. The predicted molar refractivity (Wildman–Crippen MR) is 27.1 cm³/mol. The fourth-order valence-electron chi connectivity index (χ4n) is 0.427. The van der Waals surface area contributed by atoms with Gasteiger partial charge in [-0.2, -0.15) is 0 Å². The second kappa shape index (κ2) is 1.17. The zero-order chi connectivity index (χ0) is 3.70. The van der Waals surface area contributed by atoms with Crippen LogP contribution in [0.4, 0.5) is 0 Å². The summed E-state index contributed by atoms with van der Waals surface area (Å²) in [6.07, 6.45) is 1.47. The van der Waals surface area contributed by atoms with Crippen molar-refractivity contribution in [2.24, 2.45) is 0 Å². The second-order valence-electron chi connectivity index (χ2n) is 1.60. The molecule has 1 aliphatic heterocycles. The summed E-state index contributed by atoms with van der Waals surface area (Å²) in [5.41, 5.74) is 0. The third-order valence-corrected chi connectivity index (χ3v) is 3.18. The summed E-state index contributed by atoms with van der Waals surface area (Å²) in [4.78, 5) is 0. The summed E-state index contributed by atoms with van der Waals surface area (Å²) in [5, 5.41) is 0. The zero-order valence-electron chi connectivity index (χ0n) is 3.33. The van der Waals surface area contributed by atoms with Crippen molar-refractivity contribution in [1.29, 1.82) is 0 Å². The van der Waals surface area contributed by atoms with E-state index in [-0.39, 0.29) is 8.67 Å². The van der Waals surface area contributed by atoms with Crippen LogP contribution in [0.2, 0.25) is 12.1 Å². The van der Waals surface area contributed by atoms with Gasteiger partial charge in [-0.25, -0.2) is 0 Å². The Morgan fingerprint density at radius 3 is 1.80 bits per heavy atom. The Labute approximate surface area is 35.5 Å². The van der Waals surface area contributed by atoms with Crippen molar-refractivity contribution in [2.45, 2.75) is 18.5 Å². The monoisotopic (exact) mass is 82.0 g/mol. The molecule has 1 heterocycles. The topological polar surface area (TPSA) is 0 Å². The van der Waals surface area contributed by atoms with Crippen LogP contribution in [-0.2, 0) is 0 Å². The molecule has 0 aromatic rings. The standard InChI is InChI=1S/C3H7BSi/c4-5-2-1-3-5/h4H,1-3H2. The molecule has 1 saturated heterocycles. The molecule has 5 heavy (non-hydrogen) atoms. The third kappa shape index (κ3) is 0.565. The maximum absolute atomic E-state index is 3.95. The van der Waals surface area contributed by atoms with Crippen molar-refractivity contribution in [3.05, 3.63) is 0 Å². The van der Waals surface area contributed by atoms with Crippen molar-refractivity contribution in [1.82, 2.24) is 0 Å². The first kappa shape index (κ1) is 3.47. The van der Waals surface area contributed by atoms with Crippen LogP contribution < -0.4 is 0 Å². The van der Waals surface area contributed by atoms with Gasteiger partial charge in [0.15, 0.2) is 0 Å². The molecule has 0 N–H and O–H groups in total. The Kier molecular flexibility index (Phi) is 0.811. The van der Waals surface area contributed by atoms with Crippen molar-refractivity contribution in [2.75, 3.05) is 0 Å². The molecule has 0 aromatic heterocycles. The summed E-state index contributed by atoms with van der Waals surface area (Å²) >= 11 is 0. The van der Waals surface area contributed by atoms with Gasteiger partial charge in [-0.05, 0) is 0 Å². The molecule has 0 atom stereocenters. The van der Waals surface area contributed by atoms with E-state index in [1.807, 2.05) is 0 Å². The van der Waals surface area contributed by atoms with Gasteiger partial charge in [0.2, 0.25) is 0 Å². The molecular weight excluding hydrogens is 74.9 g/mol. The van der Waals surface area contributed by atoms with Crippen LogP contribution in [-0.4, -0.2) is 16.1 Å². The second-order valence-corrected chi connectivity index (χ2v) is 4.10. The SMILES string of the molecule is [BH+][Si-]1CCC1. The molecule has 1 fully saturated rings. The molecule has 1 aliphatic rings. The van der Waals surface area contributed by atoms with E-state index >= 15 is 0 Å². The van der Waals surface area contributed by atoms with Gasteiger partial charge in [-0.15, -0.1) is 0 Å². The van der Waals surface area contributed by atoms with Gasteiger partial charge >= 0.3 is 34.6 Å². The van der Waals surface area contributed by atoms with Gasteiger partial charge in [0.05, 0.1) is 0 Å². The molecule has 0 bridgehead atoms. The van der Waals surface area contributed by atoms with E-state index < -0.39 is 0 Å². The van der Waals surface area contributed by atoms with Gasteiger partial charge < -0.3 is 0 Å². The van der Waals surface area contributed by atoms with E-state index in [2.05, 4.69) is 7.44 Å². The summed E-state index contributed by atoms with van der Waals surface area (Å²) in [6, 6.07) is 2.95. The van der Waals surface area contributed by atoms with E-state index in [0.29, 0.717) is 0 Å². The van der Waals surface area contributed by atoms with Crippen LogP contribution in [0.15, 0.2) is 0 Å². The molecule has 1 rings (SSSR count). The van der Waals surface area contributed by atoms with Crippen molar-refractivity contribution < 1.29 is 0 Å². The van der Waals surface area contributed by atoms with Gasteiger partial charge in [0, 0.05) is 0 Å². The Hall–Kier alpha value is 0.282. The average molecular weight is 82.0 g/mol. The summed E-state index contributed by atoms with van der Waals surface area (Å²) in [6.45, 7) is 0. The Morgan fingerprint density at radius 2 is 1.80 bits per heavy atom. The maximum atomic E-state index is 3.95. The fraction of sp³-hybridized carbons (Fsp3) is 1.00. The molecule has 0 aromatic carbocycles. The number of hydrogen-bond donors (Lipinski definition) is 0. The normalized spacial score (nSPS) is 25.4. The van der Waals surface area contributed by atoms with E-state index in [1.54, 1.807) is 0 Å². The first-order chi connectivity index (χ1) is 2.39. The zero-order valence-corrected chi connectivity index (χ0v) is 4.33. The van der Waals surface area contributed by atoms with Gasteiger partial charge in [0.1, 0.15) is 0 Å². The molecule has 2 heteroatoms. The van der Waals surface area contributed by atoms with Crippen molar-refractivity contribution in [3.63, 3.8) is 0 Å². The van der Waals surface area contributed by atoms with E-state index in [1.165, 1.54) is 18.5 Å². The van der Waals surface area contributed by atoms with Gasteiger partial charge in [0.25, 0.3) is 0 Å². The van der Waals surface area contributed by atoms with E-state index in [0.717, 1.165) is 0 Å². The number of hydrogen-bond acceptors (Lipinski definition) is 0. The summed E-state index contributed by atoms with van der Waals surface area (Å²) in [5.74, 6) is 0. The van der Waals surface area contributed by atoms with Gasteiger partial charge in [-0.3, -0.25) is 0 Å². The van der Waals surface area contributed by atoms with Crippen LogP contribution >= 0.6 is 0 Å². The molecule has 0 unspecified atom stereocenters. The minimum absolute atomic E-state index is 0.0566. The molecule has 0 spiro atoms. The first-order valence-electron chi connectivity index (χ1n) is 2.06. The van der Waals surface area contributed by atoms with Crippen molar-refractivity contribution >= 4 is 16.1 Å². The summed E-state index contributed by atoms with van der Waals surface area (Å²) < 4.78 is 0. The van der Waals surface area contributed by atoms with Crippen LogP contribution in [0.1, 0.15) is 6.42 Å². The van der Waals surface area contributed by atoms with Crippen LogP contribution in [0.25, 0.3) is 0 Å². The summed E-state index contributed by atoms with van der Waals surface area (Å²) in [7, 11) is 4.00. The van der Waals surface area contributed by atoms with E-state index in [9.17, 15) is 0 Å². The van der Waals surface area contributed by atoms with Crippen LogP contribution in [0.5, 0.6) is 0 Å². The quantitative estimate of drug-likeness (QED) is 0.368. The fourth-order valence-corrected chi connectivity index (χ4v) is 1.28. The Bertz CT molecular complexity index is 33.9. The van der Waals surface area contributed by atoms with E-state index in [4.69, 9.17) is 0 Å². The molecule has 26 valence electrons. The Morgan fingerprint density at radius 1 is 1.40 bits per heavy atom.